The van der Waals surface area contributed by atoms with Crippen molar-refractivity contribution in [1.29, 1.82) is 0 Å². The average Bonchev–Trinajstić information content (AvgIpc) is 2.72. The minimum absolute atomic E-state index is 0.204. The molecule has 0 aliphatic carbocycles. The van der Waals surface area contributed by atoms with Crippen LogP contribution in [0.25, 0.3) is 0 Å². The Morgan fingerprint density at radius 1 is 0.963 bits per heavy atom. The summed E-state index contributed by atoms with van der Waals surface area (Å²) in [5, 5.41) is 2.92. The largest absolute Gasteiger partial charge is 0.352 e. The van der Waals surface area contributed by atoms with Crippen LogP contribution in [0.3, 0.4) is 0 Å². The van der Waals surface area contributed by atoms with Crippen molar-refractivity contribution in [3.8, 4) is 0 Å². The number of benzene rings is 1. The number of rotatable bonds is 7. The number of hydrogen-bond acceptors (Lipinski definition) is 4. The molecule has 1 aromatic carbocycles. The van der Waals surface area contributed by atoms with E-state index in [1.807, 2.05) is 0 Å². The van der Waals surface area contributed by atoms with Crippen LogP contribution in [0.4, 0.5) is 0 Å². The van der Waals surface area contributed by atoms with Crippen molar-refractivity contribution < 1.29 is 13.2 Å². The summed E-state index contributed by atoms with van der Waals surface area (Å²) in [6.45, 7) is 5.06. The van der Waals surface area contributed by atoms with Gasteiger partial charge in [-0.1, -0.05) is 18.9 Å². The average molecular weight is 394 g/mol. The normalized spacial score (nSPS) is 19.7. The van der Waals surface area contributed by atoms with Crippen LogP contribution in [-0.2, 0) is 10.0 Å². The number of piperidine rings is 2. The first-order chi connectivity index (χ1) is 13.1. The summed E-state index contributed by atoms with van der Waals surface area (Å²) in [6.07, 6.45) is 7.65. The van der Waals surface area contributed by atoms with Gasteiger partial charge in [-0.15, -0.1) is 0 Å². The van der Waals surface area contributed by atoms with Gasteiger partial charge < -0.3 is 10.2 Å². The van der Waals surface area contributed by atoms with Gasteiger partial charge in [0.05, 0.1) is 4.90 Å². The maximum Gasteiger partial charge on any atom is 0.251 e. The second-order valence-corrected chi connectivity index (χ2v) is 9.44. The van der Waals surface area contributed by atoms with Gasteiger partial charge in [-0.05, 0) is 69.9 Å². The highest BCUT2D eigenvalue weighted by molar-refractivity contribution is 7.89. The SMILES string of the molecule is O=C(NCCCN1CCCCC1)c1cccc(S(=O)(=O)N2CCCCC2)c1. The summed E-state index contributed by atoms with van der Waals surface area (Å²) in [4.78, 5) is 15.1. The highest BCUT2D eigenvalue weighted by Gasteiger charge is 2.26. The molecule has 1 aromatic rings. The Bertz CT molecular complexity index is 724. The van der Waals surface area contributed by atoms with E-state index in [1.165, 1.54) is 29.6 Å². The molecule has 2 aliphatic rings. The first kappa shape index (κ1) is 20.3. The van der Waals surface area contributed by atoms with Crippen molar-refractivity contribution in [2.45, 2.75) is 49.8 Å². The molecule has 0 aromatic heterocycles. The maximum absolute atomic E-state index is 12.8. The lowest BCUT2D eigenvalue weighted by Gasteiger charge is -2.26. The number of nitrogens with one attached hydrogen (secondary N) is 1. The van der Waals surface area contributed by atoms with Crippen LogP contribution in [0.1, 0.15) is 55.3 Å². The minimum Gasteiger partial charge on any atom is -0.352 e. The topological polar surface area (TPSA) is 69.7 Å². The molecule has 0 bridgehead atoms. The zero-order valence-corrected chi connectivity index (χ0v) is 16.8. The van der Waals surface area contributed by atoms with E-state index in [0.717, 1.165) is 45.3 Å². The number of sulfonamides is 1. The number of hydrogen-bond donors (Lipinski definition) is 1. The van der Waals surface area contributed by atoms with Crippen molar-refractivity contribution in [3.63, 3.8) is 0 Å². The fraction of sp³-hybridized carbons (Fsp3) is 0.650. The molecule has 2 aliphatic heterocycles. The van der Waals surface area contributed by atoms with E-state index in [9.17, 15) is 13.2 Å². The van der Waals surface area contributed by atoms with Crippen LogP contribution in [-0.4, -0.2) is 62.8 Å². The third kappa shape index (κ3) is 5.53. The summed E-state index contributed by atoms with van der Waals surface area (Å²) >= 11 is 0. The van der Waals surface area contributed by atoms with E-state index in [2.05, 4.69) is 10.2 Å². The number of carbonyl (C=O) groups is 1. The van der Waals surface area contributed by atoms with Gasteiger partial charge >= 0.3 is 0 Å². The predicted octanol–water partition coefficient (Wildman–Crippen LogP) is 2.47. The van der Waals surface area contributed by atoms with E-state index < -0.39 is 10.0 Å². The van der Waals surface area contributed by atoms with Crippen molar-refractivity contribution in [3.05, 3.63) is 29.8 Å². The van der Waals surface area contributed by atoms with Crippen LogP contribution in [0.15, 0.2) is 29.2 Å². The molecule has 2 heterocycles. The van der Waals surface area contributed by atoms with Crippen LogP contribution in [0.5, 0.6) is 0 Å². The molecule has 0 spiro atoms. The third-order valence-corrected chi connectivity index (χ3v) is 7.33. The molecule has 3 rings (SSSR count). The fourth-order valence-corrected chi connectivity index (χ4v) is 5.41. The van der Waals surface area contributed by atoms with Crippen molar-refractivity contribution in [1.82, 2.24) is 14.5 Å². The van der Waals surface area contributed by atoms with Crippen LogP contribution >= 0.6 is 0 Å². The minimum atomic E-state index is -3.51. The smallest absolute Gasteiger partial charge is 0.251 e. The van der Waals surface area contributed by atoms with E-state index in [-0.39, 0.29) is 10.8 Å². The molecule has 0 atom stereocenters. The van der Waals surface area contributed by atoms with Gasteiger partial charge in [0.2, 0.25) is 10.0 Å². The van der Waals surface area contributed by atoms with Gasteiger partial charge in [-0.2, -0.15) is 4.31 Å². The van der Waals surface area contributed by atoms with E-state index in [1.54, 1.807) is 18.2 Å². The van der Waals surface area contributed by atoms with Crippen LogP contribution in [0.2, 0.25) is 0 Å². The molecule has 2 saturated heterocycles. The Morgan fingerprint density at radius 3 is 2.33 bits per heavy atom. The Morgan fingerprint density at radius 2 is 1.63 bits per heavy atom. The van der Waals surface area contributed by atoms with Crippen LogP contribution < -0.4 is 5.32 Å². The lowest BCUT2D eigenvalue weighted by atomic mass is 10.1. The molecule has 2 fully saturated rings. The van der Waals surface area contributed by atoms with Gasteiger partial charge in [0.25, 0.3) is 5.91 Å². The zero-order valence-electron chi connectivity index (χ0n) is 16.0. The molecule has 0 saturated carbocycles. The summed E-state index contributed by atoms with van der Waals surface area (Å²) in [5.74, 6) is -0.204. The van der Waals surface area contributed by atoms with Crippen LogP contribution in [0, 0.1) is 0 Å². The Balaban J connectivity index is 1.53. The third-order valence-electron chi connectivity index (χ3n) is 5.43. The number of amides is 1. The van der Waals surface area contributed by atoms with Gasteiger partial charge in [-0.25, -0.2) is 8.42 Å². The van der Waals surface area contributed by atoms with Gasteiger partial charge in [0, 0.05) is 25.2 Å². The predicted molar refractivity (Wildman–Crippen MR) is 106 cm³/mol. The fourth-order valence-electron chi connectivity index (χ4n) is 3.84. The summed E-state index contributed by atoms with van der Waals surface area (Å²) in [6, 6.07) is 6.41. The monoisotopic (exact) mass is 393 g/mol. The molecular weight excluding hydrogens is 362 g/mol. The summed E-state index contributed by atoms with van der Waals surface area (Å²) in [5.41, 5.74) is 0.408. The molecule has 1 N–H and O–H groups in total. The second-order valence-electron chi connectivity index (χ2n) is 7.50. The number of carbonyl (C=O) groups excluding carboxylic acids is 1. The summed E-state index contributed by atoms with van der Waals surface area (Å²) < 4.78 is 27.1. The van der Waals surface area contributed by atoms with Crippen molar-refractivity contribution in [2.75, 3.05) is 39.3 Å². The van der Waals surface area contributed by atoms with Gasteiger partial charge in [0.15, 0.2) is 0 Å². The van der Waals surface area contributed by atoms with Crippen molar-refractivity contribution >= 4 is 15.9 Å². The maximum atomic E-state index is 12.8. The molecule has 1 amide bonds. The highest BCUT2D eigenvalue weighted by atomic mass is 32.2. The quantitative estimate of drug-likeness (QED) is 0.723. The molecule has 0 radical (unpaired) electrons. The zero-order chi connectivity index (χ0) is 19.1. The molecular formula is C20H31N3O3S. The number of likely N-dealkylation sites (tertiary alicyclic amines) is 1. The molecule has 7 heteroatoms. The standard InChI is InChI=1S/C20H31N3O3S/c24-20(21-11-8-14-22-12-3-1-4-13-22)18-9-7-10-19(17-18)27(25,26)23-15-5-2-6-16-23/h7,9-10,17H,1-6,8,11-16H2,(H,21,24). The highest BCUT2D eigenvalue weighted by Crippen LogP contribution is 2.21. The van der Waals surface area contributed by atoms with Gasteiger partial charge in [0.1, 0.15) is 0 Å². The molecule has 150 valence electrons. The molecule has 27 heavy (non-hydrogen) atoms. The Labute approximate surface area is 163 Å². The lowest BCUT2D eigenvalue weighted by Crippen LogP contribution is -2.35. The lowest BCUT2D eigenvalue weighted by molar-refractivity contribution is 0.0951. The van der Waals surface area contributed by atoms with Crippen molar-refractivity contribution in [2.24, 2.45) is 0 Å². The van der Waals surface area contributed by atoms with E-state index in [0.29, 0.717) is 25.2 Å². The molecule has 0 unspecified atom stereocenters. The van der Waals surface area contributed by atoms with E-state index in [4.69, 9.17) is 0 Å². The first-order valence-electron chi connectivity index (χ1n) is 10.2. The second kappa shape index (κ2) is 9.66. The summed E-state index contributed by atoms with van der Waals surface area (Å²) in [7, 11) is -3.51. The van der Waals surface area contributed by atoms with Gasteiger partial charge in [-0.3, -0.25) is 4.79 Å². The van der Waals surface area contributed by atoms with E-state index >= 15 is 0 Å². The number of nitrogens with zero attached hydrogens (tertiary/aromatic N) is 2. The first-order valence-corrected chi connectivity index (χ1v) is 11.6. The Kier molecular flexibility index (Phi) is 7.26. The molecule has 6 nitrogen and oxygen atoms in total. The Hall–Kier alpha value is -1.44.